The number of nitriles is 1. The van der Waals surface area contributed by atoms with E-state index in [2.05, 4.69) is 0 Å². The highest BCUT2D eigenvalue weighted by atomic mass is 35.5. The number of allylic oxidation sites excluding steroid dienone is 1. The van der Waals surface area contributed by atoms with Crippen molar-refractivity contribution in [3.63, 3.8) is 0 Å². The largest absolute Gasteiger partial charge is 0.480 e. The number of hydrogen-bond acceptors (Lipinski definition) is 3. The Morgan fingerprint density at radius 3 is 2.76 bits per heavy atom. The summed E-state index contributed by atoms with van der Waals surface area (Å²) in [6.45, 7) is -0.497. The summed E-state index contributed by atoms with van der Waals surface area (Å²) in [6, 6.07) is 4.90. The zero-order chi connectivity index (χ0) is 12.8. The van der Waals surface area contributed by atoms with Gasteiger partial charge in [-0.25, -0.2) is 4.79 Å². The molecule has 0 saturated heterocycles. The first-order valence-corrected chi connectivity index (χ1v) is 5.20. The number of rotatable bonds is 4. The van der Waals surface area contributed by atoms with Crippen molar-refractivity contribution in [1.29, 1.82) is 5.26 Å². The standard InChI is InChI=1S/C11H7Cl2NO3/c12-10-7(2-1-5-14)3-4-8(11(10)13)17-6-9(15)16/h1-4H,6H2,(H,15,16)/b2-1+. The molecule has 0 unspecified atom stereocenters. The molecule has 0 saturated carbocycles. The van der Waals surface area contributed by atoms with Crippen molar-refractivity contribution in [2.75, 3.05) is 6.61 Å². The van der Waals surface area contributed by atoms with E-state index in [0.29, 0.717) is 5.56 Å². The van der Waals surface area contributed by atoms with Gasteiger partial charge < -0.3 is 9.84 Å². The number of ether oxygens (including phenoxy) is 1. The molecule has 0 fully saturated rings. The van der Waals surface area contributed by atoms with E-state index < -0.39 is 12.6 Å². The molecule has 0 aliphatic rings. The van der Waals surface area contributed by atoms with E-state index in [1.54, 1.807) is 6.07 Å². The van der Waals surface area contributed by atoms with E-state index in [4.69, 9.17) is 38.3 Å². The van der Waals surface area contributed by atoms with E-state index in [-0.39, 0.29) is 15.8 Å². The van der Waals surface area contributed by atoms with Crippen LogP contribution in [-0.4, -0.2) is 17.7 Å². The number of benzene rings is 1. The Hall–Kier alpha value is -1.70. The third-order valence-electron chi connectivity index (χ3n) is 1.77. The molecule has 0 aliphatic carbocycles. The summed E-state index contributed by atoms with van der Waals surface area (Å²) in [5, 5.41) is 17.2. The molecule has 0 amide bonds. The third-order valence-corrected chi connectivity index (χ3v) is 2.64. The average molecular weight is 272 g/mol. The Balaban J connectivity index is 2.98. The maximum Gasteiger partial charge on any atom is 0.341 e. The van der Waals surface area contributed by atoms with Crippen molar-refractivity contribution in [2.24, 2.45) is 0 Å². The second-order valence-electron chi connectivity index (χ2n) is 2.93. The zero-order valence-electron chi connectivity index (χ0n) is 8.48. The molecule has 0 bridgehead atoms. The lowest BCUT2D eigenvalue weighted by Crippen LogP contribution is -2.09. The Kier molecular flexibility index (Phi) is 4.83. The summed E-state index contributed by atoms with van der Waals surface area (Å²) in [5.41, 5.74) is 0.556. The Morgan fingerprint density at radius 1 is 1.47 bits per heavy atom. The number of aliphatic carboxylic acids is 1. The fraction of sp³-hybridized carbons (Fsp3) is 0.0909. The fourth-order valence-corrected chi connectivity index (χ4v) is 1.50. The minimum atomic E-state index is -1.11. The molecule has 1 rings (SSSR count). The Morgan fingerprint density at radius 2 is 2.18 bits per heavy atom. The van der Waals surface area contributed by atoms with Gasteiger partial charge in [-0.05, 0) is 23.8 Å². The van der Waals surface area contributed by atoms with Gasteiger partial charge in [-0.3, -0.25) is 0 Å². The molecular weight excluding hydrogens is 265 g/mol. The molecule has 0 radical (unpaired) electrons. The van der Waals surface area contributed by atoms with E-state index in [1.165, 1.54) is 18.2 Å². The van der Waals surface area contributed by atoms with Crippen molar-refractivity contribution in [2.45, 2.75) is 0 Å². The molecule has 1 N–H and O–H groups in total. The SMILES string of the molecule is N#C/C=C/c1ccc(OCC(=O)O)c(Cl)c1Cl. The van der Waals surface area contributed by atoms with E-state index in [1.807, 2.05) is 6.07 Å². The first kappa shape index (κ1) is 13.4. The van der Waals surface area contributed by atoms with Crippen molar-refractivity contribution in [3.05, 3.63) is 33.8 Å². The van der Waals surface area contributed by atoms with Crippen LogP contribution in [0.15, 0.2) is 18.2 Å². The van der Waals surface area contributed by atoms with Crippen LogP contribution in [-0.2, 0) is 4.79 Å². The first-order chi connectivity index (χ1) is 8.06. The molecule has 88 valence electrons. The minimum absolute atomic E-state index is 0.119. The van der Waals surface area contributed by atoms with E-state index in [0.717, 1.165) is 0 Å². The van der Waals surface area contributed by atoms with Crippen molar-refractivity contribution >= 4 is 35.2 Å². The molecule has 17 heavy (non-hydrogen) atoms. The van der Waals surface area contributed by atoms with E-state index in [9.17, 15) is 4.79 Å². The maximum atomic E-state index is 10.3. The summed E-state index contributed by atoms with van der Waals surface area (Å²) in [7, 11) is 0. The van der Waals surface area contributed by atoms with Crippen LogP contribution < -0.4 is 4.74 Å². The van der Waals surface area contributed by atoms with Crippen LogP contribution >= 0.6 is 23.2 Å². The second-order valence-corrected chi connectivity index (χ2v) is 3.68. The molecule has 4 nitrogen and oxygen atoms in total. The number of halogens is 2. The highest BCUT2D eigenvalue weighted by molar-refractivity contribution is 6.43. The summed E-state index contributed by atoms with van der Waals surface area (Å²) < 4.78 is 4.93. The van der Waals surface area contributed by atoms with Gasteiger partial charge in [0.1, 0.15) is 10.8 Å². The topological polar surface area (TPSA) is 70.3 Å². The van der Waals surface area contributed by atoms with Gasteiger partial charge in [0.15, 0.2) is 6.61 Å². The smallest absolute Gasteiger partial charge is 0.341 e. The lowest BCUT2D eigenvalue weighted by Gasteiger charge is -2.08. The number of carboxylic acids is 1. The summed E-state index contributed by atoms with van der Waals surface area (Å²) >= 11 is 11.8. The van der Waals surface area contributed by atoms with Gasteiger partial charge in [-0.15, -0.1) is 0 Å². The Bertz CT molecular complexity index is 506. The Labute approximate surface area is 108 Å². The van der Waals surface area contributed by atoms with Crippen molar-refractivity contribution in [1.82, 2.24) is 0 Å². The highest BCUT2D eigenvalue weighted by Crippen LogP contribution is 2.35. The maximum absolute atomic E-state index is 10.3. The zero-order valence-corrected chi connectivity index (χ0v) is 10.00. The van der Waals surface area contributed by atoms with Gasteiger partial charge in [0, 0.05) is 6.08 Å². The molecule has 1 aromatic carbocycles. The van der Waals surface area contributed by atoms with Crippen LogP contribution in [0.5, 0.6) is 5.75 Å². The quantitative estimate of drug-likeness (QED) is 0.855. The van der Waals surface area contributed by atoms with Gasteiger partial charge in [-0.2, -0.15) is 5.26 Å². The molecule has 0 aromatic heterocycles. The van der Waals surface area contributed by atoms with Gasteiger partial charge in [0.05, 0.1) is 11.1 Å². The van der Waals surface area contributed by atoms with Crippen molar-refractivity contribution in [3.8, 4) is 11.8 Å². The van der Waals surface area contributed by atoms with Gasteiger partial charge >= 0.3 is 5.97 Å². The molecule has 6 heteroatoms. The number of carbonyl (C=O) groups is 1. The lowest BCUT2D eigenvalue weighted by atomic mass is 10.2. The predicted molar refractivity (Wildman–Crippen MR) is 64.2 cm³/mol. The summed E-state index contributed by atoms with van der Waals surface area (Å²) in [5.74, 6) is -0.918. The molecule has 0 spiro atoms. The second kappa shape index (κ2) is 6.14. The first-order valence-electron chi connectivity index (χ1n) is 4.45. The van der Waals surface area contributed by atoms with Crippen LogP contribution in [0.2, 0.25) is 10.0 Å². The van der Waals surface area contributed by atoms with E-state index >= 15 is 0 Å². The van der Waals surface area contributed by atoms with Crippen LogP contribution in [0.25, 0.3) is 6.08 Å². The summed E-state index contributed by atoms with van der Waals surface area (Å²) in [4.78, 5) is 10.3. The van der Waals surface area contributed by atoms with Crippen molar-refractivity contribution < 1.29 is 14.6 Å². The number of nitrogens with zero attached hydrogens (tertiary/aromatic N) is 1. The minimum Gasteiger partial charge on any atom is -0.480 e. The van der Waals surface area contributed by atoms with Crippen LogP contribution in [0, 0.1) is 11.3 Å². The number of hydrogen-bond donors (Lipinski definition) is 1. The predicted octanol–water partition coefficient (Wildman–Crippen LogP) is 2.99. The van der Waals surface area contributed by atoms with Gasteiger partial charge in [0.25, 0.3) is 0 Å². The monoisotopic (exact) mass is 271 g/mol. The summed E-state index contributed by atoms with van der Waals surface area (Å²) in [6.07, 6.45) is 2.75. The number of carboxylic acid groups (broad SMARTS) is 1. The van der Waals surface area contributed by atoms with Gasteiger partial charge in [-0.1, -0.05) is 23.2 Å². The highest BCUT2D eigenvalue weighted by Gasteiger charge is 2.10. The molecular formula is C11H7Cl2NO3. The molecule has 1 aromatic rings. The lowest BCUT2D eigenvalue weighted by molar-refractivity contribution is -0.139. The van der Waals surface area contributed by atoms with Gasteiger partial charge in [0.2, 0.25) is 0 Å². The van der Waals surface area contributed by atoms with Crippen LogP contribution in [0.1, 0.15) is 5.56 Å². The average Bonchev–Trinajstić information content (AvgIpc) is 2.29. The fourth-order valence-electron chi connectivity index (χ4n) is 1.05. The third kappa shape index (κ3) is 3.66. The normalized spacial score (nSPS) is 10.2. The van der Waals surface area contributed by atoms with Crippen LogP contribution in [0.4, 0.5) is 0 Å². The molecule has 0 heterocycles. The molecule has 0 aliphatic heterocycles. The molecule has 0 atom stereocenters. The van der Waals surface area contributed by atoms with Crippen LogP contribution in [0.3, 0.4) is 0 Å².